The number of rotatable bonds is 4. The van der Waals surface area contributed by atoms with Crippen molar-refractivity contribution < 1.29 is 13.2 Å². The number of halogens is 1. The van der Waals surface area contributed by atoms with Crippen molar-refractivity contribution in [3.8, 4) is 0 Å². The van der Waals surface area contributed by atoms with Gasteiger partial charge in [-0.2, -0.15) is 0 Å². The van der Waals surface area contributed by atoms with E-state index in [4.69, 9.17) is 11.6 Å². The van der Waals surface area contributed by atoms with Crippen LogP contribution < -0.4 is 15.2 Å². The molecule has 2 N–H and O–H groups in total. The van der Waals surface area contributed by atoms with Gasteiger partial charge in [0.2, 0.25) is 0 Å². The summed E-state index contributed by atoms with van der Waals surface area (Å²) in [5.74, 6) is -0.187. The number of aromatic nitrogens is 2. The van der Waals surface area contributed by atoms with Gasteiger partial charge >= 0.3 is 0 Å². The summed E-state index contributed by atoms with van der Waals surface area (Å²) in [6, 6.07) is 5.35. The fourth-order valence-corrected chi connectivity index (χ4v) is 4.79. The Balaban J connectivity index is 1.99. The molecule has 3 heterocycles. The first-order chi connectivity index (χ1) is 13.0. The van der Waals surface area contributed by atoms with Gasteiger partial charge in [0.25, 0.3) is 21.5 Å². The highest BCUT2D eigenvalue weighted by Gasteiger charge is 2.39. The lowest BCUT2D eigenvalue weighted by Gasteiger charge is -2.33. The minimum absolute atomic E-state index is 0.0718. The van der Waals surface area contributed by atoms with Crippen molar-refractivity contribution in [2.75, 3.05) is 11.4 Å². The van der Waals surface area contributed by atoms with Crippen molar-refractivity contribution >= 4 is 33.3 Å². The predicted octanol–water partition coefficient (Wildman–Crippen LogP) is 2.17. The van der Waals surface area contributed by atoms with Crippen molar-refractivity contribution in [1.82, 2.24) is 14.7 Å². The summed E-state index contributed by atoms with van der Waals surface area (Å²) < 4.78 is 27.0. The Bertz CT molecular complexity index is 1080. The Morgan fingerprint density at radius 3 is 2.68 bits per heavy atom. The zero-order chi connectivity index (χ0) is 20.7. The molecule has 28 heavy (non-hydrogen) atoms. The molecule has 0 unspecified atom stereocenters. The molecule has 1 amide bonds. The molecule has 1 atom stereocenters. The molecule has 0 radical (unpaired) electrons. The third kappa shape index (κ3) is 3.90. The normalized spacial score (nSPS) is 18.9. The highest BCUT2D eigenvalue weighted by molar-refractivity contribution is 7.90. The lowest BCUT2D eigenvalue weighted by molar-refractivity contribution is 0.0981. The van der Waals surface area contributed by atoms with Crippen LogP contribution in [-0.2, 0) is 10.0 Å². The first-order valence-corrected chi connectivity index (χ1v) is 10.6. The van der Waals surface area contributed by atoms with Crippen LogP contribution in [0.15, 0.2) is 40.2 Å². The Kier molecular flexibility index (Phi) is 5.24. The first kappa shape index (κ1) is 20.3. The van der Waals surface area contributed by atoms with Crippen molar-refractivity contribution in [3.05, 3.63) is 51.5 Å². The maximum absolute atomic E-state index is 12.8. The highest BCUT2D eigenvalue weighted by atomic mass is 35.5. The molecule has 0 saturated carbocycles. The van der Waals surface area contributed by atoms with E-state index in [1.807, 2.05) is 23.5 Å². The Hall–Kier alpha value is -2.39. The number of carbonyl (C=O) groups is 1. The number of hydrogen-bond donors (Lipinski definition) is 2. The molecule has 1 aliphatic rings. The van der Waals surface area contributed by atoms with Crippen LogP contribution in [0.5, 0.6) is 0 Å². The van der Waals surface area contributed by atoms with Gasteiger partial charge in [0.1, 0.15) is 11.0 Å². The van der Waals surface area contributed by atoms with E-state index in [9.17, 15) is 18.0 Å². The second kappa shape index (κ2) is 7.21. The molecule has 0 bridgehead atoms. The average Bonchev–Trinajstić information content (AvgIpc) is 2.86. The molecular weight excluding hydrogens is 404 g/mol. The molecule has 8 nitrogen and oxygen atoms in total. The molecule has 1 saturated heterocycles. The molecule has 150 valence electrons. The van der Waals surface area contributed by atoms with Gasteiger partial charge < -0.3 is 9.88 Å². The lowest BCUT2D eigenvalue weighted by Crippen LogP contribution is -2.41. The van der Waals surface area contributed by atoms with Crippen molar-refractivity contribution in [3.63, 3.8) is 0 Å². The van der Waals surface area contributed by atoms with E-state index in [0.717, 1.165) is 12.5 Å². The summed E-state index contributed by atoms with van der Waals surface area (Å²) in [4.78, 5) is 32.6. The fraction of sp³-hybridized carbons (Fsp3) is 0.389. The van der Waals surface area contributed by atoms with Crippen molar-refractivity contribution in [1.29, 1.82) is 0 Å². The standard InChI is InChI=1S/C18H21ClN4O4S/c1-11-9-18(2,3)23(10-11)15-12(6-7-14(19)21-15)16(24)22-28(26,27)13-5-4-8-20-17(13)25/h4-8,11H,9-10H2,1-3H3,(H,20,25)(H,22,24)/t11-/m0/s1. The Labute approximate surface area is 168 Å². The largest absolute Gasteiger partial charge is 0.351 e. The van der Waals surface area contributed by atoms with Crippen LogP contribution in [0.1, 0.15) is 37.6 Å². The lowest BCUT2D eigenvalue weighted by atomic mass is 9.97. The summed E-state index contributed by atoms with van der Waals surface area (Å²) in [5, 5.41) is 0.198. The average molecular weight is 425 g/mol. The number of nitrogens with one attached hydrogen (secondary N) is 2. The minimum atomic E-state index is -4.35. The van der Waals surface area contributed by atoms with Crippen LogP contribution in [0, 0.1) is 5.92 Å². The zero-order valence-corrected chi connectivity index (χ0v) is 17.3. The van der Waals surface area contributed by atoms with E-state index in [2.05, 4.69) is 16.9 Å². The van der Waals surface area contributed by atoms with E-state index < -0.39 is 26.4 Å². The Morgan fingerprint density at radius 1 is 1.36 bits per heavy atom. The molecule has 0 aliphatic carbocycles. The van der Waals surface area contributed by atoms with E-state index in [1.165, 1.54) is 24.4 Å². The van der Waals surface area contributed by atoms with Crippen LogP contribution in [-0.4, -0.2) is 36.4 Å². The fourth-order valence-electron chi connectivity index (χ4n) is 3.62. The predicted molar refractivity (Wildman–Crippen MR) is 106 cm³/mol. The smallest absolute Gasteiger partial charge is 0.269 e. The van der Waals surface area contributed by atoms with Gasteiger partial charge in [-0.15, -0.1) is 0 Å². The van der Waals surface area contributed by atoms with Gasteiger partial charge in [0.05, 0.1) is 5.56 Å². The maximum atomic E-state index is 12.8. The third-order valence-electron chi connectivity index (χ3n) is 4.71. The second-order valence-corrected chi connectivity index (χ2v) is 9.57. The van der Waals surface area contributed by atoms with Gasteiger partial charge in [0, 0.05) is 18.3 Å². The monoisotopic (exact) mass is 424 g/mol. The van der Waals surface area contributed by atoms with Gasteiger partial charge in [-0.1, -0.05) is 18.5 Å². The number of pyridine rings is 2. The second-order valence-electron chi connectivity index (χ2n) is 7.54. The molecule has 10 heteroatoms. The molecular formula is C18H21ClN4O4S. The molecule has 0 spiro atoms. The summed E-state index contributed by atoms with van der Waals surface area (Å²) in [7, 11) is -4.35. The topological polar surface area (TPSA) is 112 Å². The molecule has 1 fully saturated rings. The SMILES string of the molecule is C[C@@H]1CN(c2nc(Cl)ccc2C(=O)NS(=O)(=O)c2ccc[nH]c2=O)C(C)(C)C1. The number of sulfonamides is 1. The van der Waals surface area contributed by atoms with Crippen LogP contribution in [0.25, 0.3) is 0 Å². The van der Waals surface area contributed by atoms with E-state index in [0.29, 0.717) is 18.3 Å². The van der Waals surface area contributed by atoms with Gasteiger partial charge in [-0.05, 0) is 50.5 Å². The van der Waals surface area contributed by atoms with E-state index in [1.54, 1.807) is 0 Å². The molecule has 3 rings (SSSR count). The number of anilines is 1. The van der Waals surface area contributed by atoms with Gasteiger partial charge in [-0.3, -0.25) is 9.59 Å². The summed E-state index contributed by atoms with van der Waals surface area (Å²) >= 11 is 6.05. The quantitative estimate of drug-likeness (QED) is 0.727. The van der Waals surface area contributed by atoms with Crippen LogP contribution in [0.2, 0.25) is 5.15 Å². The van der Waals surface area contributed by atoms with Crippen molar-refractivity contribution in [2.45, 2.75) is 37.6 Å². The first-order valence-electron chi connectivity index (χ1n) is 8.70. The third-order valence-corrected chi connectivity index (χ3v) is 6.28. The number of aromatic amines is 1. The molecule has 0 aromatic carbocycles. The maximum Gasteiger partial charge on any atom is 0.269 e. The highest BCUT2D eigenvalue weighted by Crippen LogP contribution is 2.37. The number of amides is 1. The van der Waals surface area contributed by atoms with Crippen LogP contribution >= 0.6 is 11.6 Å². The van der Waals surface area contributed by atoms with Gasteiger partial charge in [-0.25, -0.2) is 18.1 Å². The van der Waals surface area contributed by atoms with E-state index in [-0.39, 0.29) is 16.3 Å². The number of H-pyrrole nitrogens is 1. The number of nitrogens with zero attached hydrogens (tertiary/aromatic N) is 2. The Morgan fingerprint density at radius 2 is 2.07 bits per heavy atom. The van der Waals surface area contributed by atoms with Crippen LogP contribution in [0.3, 0.4) is 0 Å². The summed E-state index contributed by atoms with van der Waals surface area (Å²) in [6.07, 6.45) is 2.20. The summed E-state index contributed by atoms with van der Waals surface area (Å²) in [5.41, 5.74) is -1.02. The molecule has 1 aliphatic heterocycles. The summed E-state index contributed by atoms with van der Waals surface area (Å²) in [6.45, 7) is 6.81. The van der Waals surface area contributed by atoms with Crippen molar-refractivity contribution in [2.24, 2.45) is 5.92 Å². The van der Waals surface area contributed by atoms with Crippen LogP contribution in [0.4, 0.5) is 5.82 Å². The number of hydrogen-bond acceptors (Lipinski definition) is 6. The van der Waals surface area contributed by atoms with Gasteiger partial charge in [0.15, 0.2) is 4.90 Å². The molecule has 2 aromatic rings. The zero-order valence-electron chi connectivity index (χ0n) is 15.7. The minimum Gasteiger partial charge on any atom is -0.351 e. The van der Waals surface area contributed by atoms with E-state index >= 15 is 0 Å². The molecule has 2 aromatic heterocycles. The number of carbonyl (C=O) groups excluding carboxylic acids is 1.